The maximum absolute atomic E-state index is 12.1. The van der Waals surface area contributed by atoms with Gasteiger partial charge >= 0.3 is 0 Å². The van der Waals surface area contributed by atoms with Crippen LogP contribution in [0, 0.1) is 13.8 Å². The molecule has 2 heterocycles. The fourth-order valence-electron chi connectivity index (χ4n) is 2.06. The number of amides is 1. The van der Waals surface area contributed by atoms with Gasteiger partial charge in [-0.15, -0.1) is 11.3 Å². The molecule has 4 nitrogen and oxygen atoms in total. The number of aryl methyl sites for hydroxylation is 3. The van der Waals surface area contributed by atoms with E-state index < -0.39 is 0 Å². The molecule has 0 radical (unpaired) electrons. The van der Waals surface area contributed by atoms with E-state index in [0.717, 1.165) is 29.1 Å². The summed E-state index contributed by atoms with van der Waals surface area (Å²) in [5, 5.41) is 4.09. The highest BCUT2D eigenvalue weighted by atomic mass is 32.1. The van der Waals surface area contributed by atoms with Crippen LogP contribution < -0.4 is 5.32 Å². The fraction of sp³-hybridized carbons (Fsp3) is 0.438. The summed E-state index contributed by atoms with van der Waals surface area (Å²) in [7, 11) is 0. The second-order valence-electron chi connectivity index (χ2n) is 5.08. The number of aromatic nitrogens is 2. The first kappa shape index (κ1) is 15.6. The summed E-state index contributed by atoms with van der Waals surface area (Å²) >= 11 is 1.67. The zero-order chi connectivity index (χ0) is 15.2. The molecule has 0 saturated carbocycles. The van der Waals surface area contributed by atoms with Crippen molar-refractivity contribution in [1.29, 1.82) is 0 Å². The lowest BCUT2D eigenvalue weighted by Crippen LogP contribution is -2.28. The maximum Gasteiger partial charge on any atom is 0.220 e. The quantitative estimate of drug-likeness (QED) is 0.890. The lowest BCUT2D eigenvalue weighted by atomic mass is 10.1. The van der Waals surface area contributed by atoms with Crippen LogP contribution in [0.5, 0.6) is 0 Å². The van der Waals surface area contributed by atoms with Crippen molar-refractivity contribution in [2.75, 3.05) is 0 Å². The summed E-state index contributed by atoms with van der Waals surface area (Å²) in [5.74, 6) is 0.0733. The van der Waals surface area contributed by atoms with Gasteiger partial charge in [0.25, 0.3) is 0 Å². The average Bonchev–Trinajstić information content (AvgIpc) is 2.83. The minimum Gasteiger partial charge on any atom is -0.347 e. The molecule has 0 fully saturated rings. The Labute approximate surface area is 129 Å². The van der Waals surface area contributed by atoms with Crippen LogP contribution in [0.1, 0.15) is 46.9 Å². The van der Waals surface area contributed by atoms with Gasteiger partial charge in [-0.05, 0) is 44.4 Å². The zero-order valence-corrected chi connectivity index (χ0v) is 13.5. The number of hydrogen-bond donors (Lipinski definition) is 1. The third-order valence-electron chi connectivity index (χ3n) is 3.48. The molecule has 0 bridgehead atoms. The Hall–Kier alpha value is -1.75. The van der Waals surface area contributed by atoms with Crippen molar-refractivity contribution in [1.82, 2.24) is 15.3 Å². The molecule has 5 heteroatoms. The minimum absolute atomic E-state index is 0.0207. The minimum atomic E-state index is 0.0207. The molecule has 0 saturated heterocycles. The van der Waals surface area contributed by atoms with Crippen molar-refractivity contribution >= 4 is 17.2 Å². The highest BCUT2D eigenvalue weighted by Crippen LogP contribution is 2.24. The third kappa shape index (κ3) is 4.36. The molecule has 1 amide bonds. The first-order chi connectivity index (χ1) is 10.1. The van der Waals surface area contributed by atoms with Crippen molar-refractivity contribution in [2.45, 2.75) is 46.1 Å². The number of hydrogen-bond acceptors (Lipinski definition) is 4. The number of carbonyl (C=O) groups is 1. The predicted octanol–water partition coefficient (Wildman–Crippen LogP) is 3.36. The van der Waals surface area contributed by atoms with Gasteiger partial charge in [-0.2, -0.15) is 0 Å². The molecule has 1 unspecified atom stereocenters. The van der Waals surface area contributed by atoms with Crippen LogP contribution in [0.2, 0.25) is 0 Å². The van der Waals surface area contributed by atoms with Gasteiger partial charge in [-0.1, -0.05) is 6.92 Å². The van der Waals surface area contributed by atoms with Crippen molar-refractivity contribution in [3.8, 4) is 0 Å². The van der Waals surface area contributed by atoms with Gasteiger partial charge in [0.2, 0.25) is 5.91 Å². The molecule has 0 aliphatic heterocycles. The van der Waals surface area contributed by atoms with Crippen molar-refractivity contribution in [2.24, 2.45) is 0 Å². The van der Waals surface area contributed by atoms with Crippen LogP contribution in [-0.2, 0) is 11.2 Å². The number of rotatable bonds is 6. The predicted molar refractivity (Wildman–Crippen MR) is 85.3 cm³/mol. The number of pyridine rings is 1. The van der Waals surface area contributed by atoms with Gasteiger partial charge in [0.05, 0.1) is 11.7 Å². The molecule has 2 aromatic heterocycles. The van der Waals surface area contributed by atoms with Gasteiger partial charge < -0.3 is 5.32 Å². The standard InChI is InChI=1S/C16H21N3OS/c1-4-14(16-18-11(2)12(3)21-16)19-15(20)6-5-13-7-9-17-10-8-13/h7-10,14H,4-6H2,1-3H3,(H,19,20). The van der Waals surface area contributed by atoms with Crippen LogP contribution in [-0.4, -0.2) is 15.9 Å². The van der Waals surface area contributed by atoms with Crippen LogP contribution >= 0.6 is 11.3 Å². The lowest BCUT2D eigenvalue weighted by Gasteiger charge is -2.14. The highest BCUT2D eigenvalue weighted by Gasteiger charge is 2.17. The topological polar surface area (TPSA) is 54.9 Å². The van der Waals surface area contributed by atoms with E-state index >= 15 is 0 Å². The van der Waals surface area contributed by atoms with E-state index in [1.54, 1.807) is 23.7 Å². The molecule has 21 heavy (non-hydrogen) atoms. The van der Waals surface area contributed by atoms with Crippen LogP contribution in [0.3, 0.4) is 0 Å². The number of nitrogens with one attached hydrogen (secondary N) is 1. The summed E-state index contributed by atoms with van der Waals surface area (Å²) in [4.78, 5) is 21.8. The van der Waals surface area contributed by atoms with Gasteiger partial charge in [-0.3, -0.25) is 9.78 Å². The summed E-state index contributed by atoms with van der Waals surface area (Å²) < 4.78 is 0. The Morgan fingerprint density at radius 3 is 2.62 bits per heavy atom. The van der Waals surface area contributed by atoms with E-state index in [-0.39, 0.29) is 11.9 Å². The molecule has 1 atom stereocenters. The molecule has 0 aliphatic rings. The lowest BCUT2D eigenvalue weighted by molar-refractivity contribution is -0.121. The van der Waals surface area contributed by atoms with E-state index in [0.29, 0.717) is 6.42 Å². The fourth-order valence-corrected chi connectivity index (χ4v) is 3.12. The average molecular weight is 303 g/mol. The van der Waals surface area contributed by atoms with E-state index in [1.807, 2.05) is 19.1 Å². The first-order valence-corrected chi connectivity index (χ1v) is 8.04. The van der Waals surface area contributed by atoms with Crippen LogP contribution in [0.15, 0.2) is 24.5 Å². The molecular formula is C16H21N3OS. The molecule has 0 aliphatic carbocycles. The first-order valence-electron chi connectivity index (χ1n) is 7.22. The van der Waals surface area contributed by atoms with Crippen LogP contribution in [0.4, 0.5) is 0 Å². The van der Waals surface area contributed by atoms with E-state index in [2.05, 4.69) is 29.1 Å². The summed E-state index contributed by atoms with van der Waals surface area (Å²) in [6.45, 7) is 6.14. The molecule has 0 spiro atoms. The van der Waals surface area contributed by atoms with Crippen molar-refractivity contribution in [3.05, 3.63) is 45.7 Å². The van der Waals surface area contributed by atoms with Crippen molar-refractivity contribution in [3.63, 3.8) is 0 Å². The smallest absolute Gasteiger partial charge is 0.220 e. The van der Waals surface area contributed by atoms with Gasteiger partial charge in [-0.25, -0.2) is 4.98 Å². The number of carbonyl (C=O) groups excluding carboxylic acids is 1. The van der Waals surface area contributed by atoms with Crippen molar-refractivity contribution < 1.29 is 4.79 Å². The number of thiazole rings is 1. The Bertz CT molecular complexity index is 575. The molecule has 1 N–H and O–H groups in total. The zero-order valence-electron chi connectivity index (χ0n) is 12.7. The number of nitrogens with zero attached hydrogens (tertiary/aromatic N) is 2. The van der Waals surface area contributed by atoms with Gasteiger partial charge in [0.15, 0.2) is 0 Å². The van der Waals surface area contributed by atoms with Gasteiger partial charge in [0.1, 0.15) is 5.01 Å². The normalized spacial score (nSPS) is 12.1. The Balaban J connectivity index is 1.91. The van der Waals surface area contributed by atoms with E-state index in [4.69, 9.17) is 0 Å². The third-order valence-corrected chi connectivity index (χ3v) is 4.66. The SMILES string of the molecule is CCC(NC(=O)CCc1ccncc1)c1nc(C)c(C)s1. The Morgan fingerprint density at radius 1 is 1.33 bits per heavy atom. The summed E-state index contributed by atoms with van der Waals surface area (Å²) in [6.07, 6.45) is 5.59. The van der Waals surface area contributed by atoms with Gasteiger partial charge in [0, 0.05) is 23.7 Å². The highest BCUT2D eigenvalue weighted by molar-refractivity contribution is 7.11. The Kier molecular flexibility index (Phi) is 5.44. The maximum atomic E-state index is 12.1. The van der Waals surface area contributed by atoms with Crippen LogP contribution in [0.25, 0.3) is 0 Å². The molecular weight excluding hydrogens is 282 g/mol. The molecule has 112 valence electrons. The molecule has 2 aromatic rings. The summed E-state index contributed by atoms with van der Waals surface area (Å²) in [5.41, 5.74) is 2.19. The second kappa shape index (κ2) is 7.31. The molecule has 2 rings (SSSR count). The monoisotopic (exact) mass is 303 g/mol. The Morgan fingerprint density at radius 2 is 2.05 bits per heavy atom. The molecule has 0 aromatic carbocycles. The van der Waals surface area contributed by atoms with E-state index in [9.17, 15) is 4.79 Å². The second-order valence-corrected chi connectivity index (χ2v) is 6.31. The van der Waals surface area contributed by atoms with E-state index in [1.165, 1.54) is 4.88 Å². The summed E-state index contributed by atoms with van der Waals surface area (Å²) in [6, 6.07) is 3.91. The largest absolute Gasteiger partial charge is 0.347 e.